The number of hydrogen-bond acceptors (Lipinski definition) is 9. The smallest absolute Gasteiger partial charge is 0.378 e. The summed E-state index contributed by atoms with van der Waals surface area (Å²) in [6, 6.07) is 3.28. The Kier molecular flexibility index (Phi) is 6.51. The van der Waals surface area contributed by atoms with Crippen LogP contribution in [0, 0.1) is 0 Å². The number of ether oxygens (including phenoxy) is 1. The number of hydrogen-bond donors (Lipinski definition) is 3. The van der Waals surface area contributed by atoms with E-state index in [0.717, 1.165) is 23.9 Å². The molecule has 1 aromatic heterocycles. The summed E-state index contributed by atoms with van der Waals surface area (Å²) in [6.45, 7) is 3.47. The second-order valence-electron chi connectivity index (χ2n) is 6.41. The number of anilines is 4. The van der Waals surface area contributed by atoms with E-state index in [1.54, 1.807) is 6.92 Å². The van der Waals surface area contributed by atoms with Crippen molar-refractivity contribution in [2.75, 3.05) is 48.0 Å². The van der Waals surface area contributed by atoms with Crippen LogP contribution in [0.5, 0.6) is 0 Å². The number of amides is 1. The number of morpholine rings is 1. The molecule has 1 atom stereocenters. The highest BCUT2D eigenvalue weighted by atomic mass is 32.2. The number of nitrogens with two attached hydrogens (primary N) is 2. The van der Waals surface area contributed by atoms with Crippen molar-refractivity contribution in [3.63, 3.8) is 0 Å². The first kappa shape index (κ1) is 21.9. The van der Waals surface area contributed by atoms with Gasteiger partial charge in [-0.3, -0.25) is 4.79 Å². The fourth-order valence-corrected chi connectivity index (χ4v) is 3.55. The van der Waals surface area contributed by atoms with Crippen LogP contribution in [0.1, 0.15) is 12.5 Å². The fraction of sp³-hybridized carbons (Fsp3) is 0.412. The zero-order valence-corrected chi connectivity index (χ0v) is 16.8. The molecule has 1 unspecified atom stereocenters. The van der Waals surface area contributed by atoms with Crippen molar-refractivity contribution in [3.8, 4) is 0 Å². The molecule has 5 N–H and O–H groups in total. The molecule has 1 saturated heterocycles. The van der Waals surface area contributed by atoms with Gasteiger partial charge in [0.2, 0.25) is 17.8 Å². The monoisotopic (exact) mass is 443 g/mol. The van der Waals surface area contributed by atoms with Gasteiger partial charge in [-0.05, 0) is 25.1 Å². The van der Waals surface area contributed by atoms with E-state index in [1.807, 2.05) is 4.90 Å². The molecular weight excluding hydrogens is 423 g/mol. The molecule has 3 rings (SSSR count). The Morgan fingerprint density at radius 1 is 1.20 bits per heavy atom. The molecule has 0 saturated carbocycles. The van der Waals surface area contributed by atoms with Gasteiger partial charge >= 0.3 is 6.18 Å². The average molecular weight is 443 g/mol. The van der Waals surface area contributed by atoms with E-state index in [2.05, 4.69) is 20.3 Å². The SMILES string of the molecule is CC(Sc1nc(N)nc(N)n1)C(=O)Nc1cc(C(F)(F)F)ccc1N1CCOCC1. The van der Waals surface area contributed by atoms with Gasteiger partial charge < -0.3 is 26.4 Å². The Bertz CT molecular complexity index is 902. The summed E-state index contributed by atoms with van der Waals surface area (Å²) in [5.41, 5.74) is 10.7. The molecule has 0 radical (unpaired) electrons. The van der Waals surface area contributed by atoms with E-state index in [4.69, 9.17) is 16.2 Å². The number of nitrogens with zero attached hydrogens (tertiary/aromatic N) is 4. The lowest BCUT2D eigenvalue weighted by atomic mass is 10.1. The third-order valence-corrected chi connectivity index (χ3v) is 5.20. The van der Waals surface area contributed by atoms with Crippen LogP contribution in [0.3, 0.4) is 0 Å². The molecule has 162 valence electrons. The summed E-state index contributed by atoms with van der Waals surface area (Å²) in [6.07, 6.45) is -4.54. The molecule has 1 aliphatic heterocycles. The molecule has 0 spiro atoms. The molecular formula is C17H20F3N7O2S. The van der Waals surface area contributed by atoms with Crippen LogP contribution in [-0.4, -0.2) is 52.4 Å². The Balaban J connectivity index is 1.82. The molecule has 0 bridgehead atoms. The molecule has 1 fully saturated rings. The van der Waals surface area contributed by atoms with Gasteiger partial charge in [-0.2, -0.15) is 28.1 Å². The lowest BCUT2D eigenvalue weighted by Gasteiger charge is -2.31. The van der Waals surface area contributed by atoms with Crippen molar-refractivity contribution >= 4 is 40.9 Å². The standard InChI is InChI=1S/C17H20F3N7O2S/c1-9(30-16-25-14(21)24-15(22)26-16)13(28)23-11-8-10(17(18,19)20)2-3-12(11)27-4-6-29-7-5-27/h2-3,8-9H,4-7H2,1H3,(H,23,28)(H4,21,22,24,25,26). The molecule has 2 aromatic rings. The third-order valence-electron chi connectivity index (χ3n) is 4.23. The first-order chi connectivity index (χ1) is 14.1. The van der Waals surface area contributed by atoms with Crippen LogP contribution in [0.4, 0.5) is 36.4 Å². The van der Waals surface area contributed by atoms with Gasteiger partial charge in [0, 0.05) is 13.1 Å². The van der Waals surface area contributed by atoms with Crippen LogP contribution in [0.15, 0.2) is 23.4 Å². The maximum absolute atomic E-state index is 13.2. The minimum atomic E-state index is -4.54. The number of benzene rings is 1. The first-order valence-electron chi connectivity index (χ1n) is 8.92. The van der Waals surface area contributed by atoms with Gasteiger partial charge in [-0.15, -0.1) is 0 Å². The Labute approximate surface area is 174 Å². The lowest BCUT2D eigenvalue weighted by Crippen LogP contribution is -2.37. The Morgan fingerprint density at radius 3 is 2.43 bits per heavy atom. The van der Waals surface area contributed by atoms with Gasteiger partial charge in [0.05, 0.1) is 35.4 Å². The minimum absolute atomic E-state index is 0.0684. The number of rotatable bonds is 5. The minimum Gasteiger partial charge on any atom is -0.378 e. The Morgan fingerprint density at radius 2 is 1.83 bits per heavy atom. The summed E-state index contributed by atoms with van der Waals surface area (Å²) in [5, 5.41) is 1.99. The lowest BCUT2D eigenvalue weighted by molar-refractivity contribution is -0.137. The number of thioether (sulfide) groups is 1. The normalized spacial score (nSPS) is 15.7. The van der Waals surface area contributed by atoms with Crippen molar-refractivity contribution in [1.29, 1.82) is 0 Å². The summed E-state index contributed by atoms with van der Waals surface area (Å²) in [5.74, 6) is -0.707. The van der Waals surface area contributed by atoms with Gasteiger partial charge in [0.15, 0.2) is 5.16 Å². The van der Waals surface area contributed by atoms with Crippen LogP contribution in [0.2, 0.25) is 0 Å². The molecule has 1 aliphatic rings. The van der Waals surface area contributed by atoms with Crippen molar-refractivity contribution < 1.29 is 22.7 Å². The van der Waals surface area contributed by atoms with Crippen LogP contribution in [-0.2, 0) is 15.7 Å². The summed E-state index contributed by atoms with van der Waals surface area (Å²) < 4.78 is 44.9. The molecule has 9 nitrogen and oxygen atoms in total. The second kappa shape index (κ2) is 8.92. The van der Waals surface area contributed by atoms with Crippen LogP contribution in [0.25, 0.3) is 0 Å². The molecule has 0 aliphatic carbocycles. The summed E-state index contributed by atoms with van der Waals surface area (Å²) >= 11 is 0.960. The molecule has 1 amide bonds. The molecule has 13 heteroatoms. The quantitative estimate of drug-likeness (QED) is 0.594. The van der Waals surface area contributed by atoms with Gasteiger partial charge in [-0.1, -0.05) is 11.8 Å². The Hall–Kier alpha value is -2.80. The highest BCUT2D eigenvalue weighted by Crippen LogP contribution is 2.36. The van der Waals surface area contributed by atoms with E-state index in [1.165, 1.54) is 6.07 Å². The van der Waals surface area contributed by atoms with Crippen LogP contribution < -0.4 is 21.7 Å². The number of aromatic nitrogens is 3. The summed E-state index contributed by atoms with van der Waals surface area (Å²) in [7, 11) is 0. The maximum atomic E-state index is 13.2. The molecule has 30 heavy (non-hydrogen) atoms. The third kappa shape index (κ3) is 5.42. The largest absolute Gasteiger partial charge is 0.416 e. The van der Waals surface area contributed by atoms with Crippen molar-refractivity contribution in [2.45, 2.75) is 23.5 Å². The number of carbonyl (C=O) groups is 1. The van der Waals surface area contributed by atoms with E-state index in [-0.39, 0.29) is 22.7 Å². The number of nitrogens with one attached hydrogen (secondary N) is 1. The van der Waals surface area contributed by atoms with Crippen molar-refractivity contribution in [1.82, 2.24) is 15.0 Å². The fourth-order valence-electron chi connectivity index (χ4n) is 2.78. The number of carbonyl (C=O) groups excluding carboxylic acids is 1. The van der Waals surface area contributed by atoms with E-state index < -0.39 is 22.9 Å². The zero-order chi connectivity index (χ0) is 21.9. The zero-order valence-electron chi connectivity index (χ0n) is 15.9. The van der Waals surface area contributed by atoms with E-state index in [9.17, 15) is 18.0 Å². The van der Waals surface area contributed by atoms with E-state index in [0.29, 0.717) is 32.0 Å². The first-order valence-corrected chi connectivity index (χ1v) is 9.80. The highest BCUT2D eigenvalue weighted by Gasteiger charge is 2.32. The van der Waals surface area contributed by atoms with Crippen LogP contribution >= 0.6 is 11.8 Å². The average Bonchev–Trinajstić information content (AvgIpc) is 2.67. The number of alkyl halides is 3. The van der Waals surface area contributed by atoms with Gasteiger partial charge in [0.1, 0.15) is 0 Å². The van der Waals surface area contributed by atoms with Gasteiger partial charge in [-0.25, -0.2) is 0 Å². The number of nitrogen functional groups attached to an aromatic ring is 2. The number of halogens is 3. The predicted molar refractivity (Wildman–Crippen MR) is 107 cm³/mol. The topological polar surface area (TPSA) is 132 Å². The molecule has 1 aromatic carbocycles. The second-order valence-corrected chi connectivity index (χ2v) is 7.72. The summed E-state index contributed by atoms with van der Waals surface area (Å²) in [4.78, 5) is 26.0. The van der Waals surface area contributed by atoms with Crippen molar-refractivity contribution in [2.24, 2.45) is 0 Å². The van der Waals surface area contributed by atoms with Crippen molar-refractivity contribution in [3.05, 3.63) is 23.8 Å². The van der Waals surface area contributed by atoms with Gasteiger partial charge in [0.25, 0.3) is 0 Å². The highest BCUT2D eigenvalue weighted by molar-refractivity contribution is 8.00. The van der Waals surface area contributed by atoms with E-state index >= 15 is 0 Å². The predicted octanol–water partition coefficient (Wildman–Crippen LogP) is 2.01. The molecule has 2 heterocycles. The maximum Gasteiger partial charge on any atom is 0.416 e.